The van der Waals surface area contributed by atoms with E-state index in [0.29, 0.717) is 0 Å². The minimum atomic E-state index is 0.893. The highest BCUT2D eigenvalue weighted by molar-refractivity contribution is 5.77. The molecule has 0 aliphatic carbocycles. The maximum atomic E-state index is 5.49. The first kappa shape index (κ1) is 18.8. The lowest BCUT2D eigenvalue weighted by Gasteiger charge is -2.30. The number of fused-ring (bicyclic) bond motifs is 1. The molecule has 1 fully saturated rings. The van der Waals surface area contributed by atoms with Gasteiger partial charge < -0.3 is 4.74 Å². The molecule has 1 aliphatic rings. The van der Waals surface area contributed by atoms with E-state index in [9.17, 15) is 0 Å². The van der Waals surface area contributed by atoms with Crippen molar-refractivity contribution < 1.29 is 4.74 Å². The van der Waals surface area contributed by atoms with E-state index in [1.807, 2.05) is 18.5 Å². The lowest BCUT2D eigenvalue weighted by molar-refractivity contribution is 0.172. The summed E-state index contributed by atoms with van der Waals surface area (Å²) in [5.41, 5.74) is 6.97. The molecule has 0 N–H and O–H groups in total. The normalized spacial score (nSPS) is 14.0. The Bertz CT molecular complexity index is 1150. The monoisotopic (exact) mass is 398 g/mol. The molecule has 0 saturated carbocycles. The van der Waals surface area contributed by atoms with Gasteiger partial charge in [-0.15, -0.1) is 10.2 Å². The van der Waals surface area contributed by atoms with E-state index in [-0.39, 0.29) is 0 Å². The smallest absolute Gasteiger partial charge is 0.168 e. The summed E-state index contributed by atoms with van der Waals surface area (Å²) in [7, 11) is 1.72. The molecule has 2 aromatic heterocycles. The molecule has 4 aromatic rings. The van der Waals surface area contributed by atoms with E-state index >= 15 is 0 Å². The molecule has 3 heterocycles. The second-order valence-electron chi connectivity index (χ2n) is 7.90. The number of aryl methyl sites for hydroxylation is 2. The second-order valence-corrected chi connectivity index (χ2v) is 7.90. The van der Waals surface area contributed by atoms with Crippen molar-refractivity contribution in [3.63, 3.8) is 0 Å². The zero-order valence-electron chi connectivity index (χ0n) is 17.3. The van der Waals surface area contributed by atoms with Crippen molar-refractivity contribution in [2.24, 2.45) is 0 Å². The minimum Gasteiger partial charge on any atom is -0.496 e. The summed E-state index contributed by atoms with van der Waals surface area (Å²) >= 11 is 0. The number of aromatic nitrogens is 3. The molecule has 2 aromatic carbocycles. The number of rotatable bonds is 7. The number of nitrogens with zero attached hydrogens (tertiary/aromatic N) is 4. The van der Waals surface area contributed by atoms with E-state index < -0.39 is 0 Å². The van der Waals surface area contributed by atoms with E-state index in [4.69, 9.17) is 4.74 Å². The molecule has 0 bridgehead atoms. The molecule has 0 unspecified atom stereocenters. The third kappa shape index (κ3) is 3.68. The zero-order valence-corrected chi connectivity index (χ0v) is 17.3. The van der Waals surface area contributed by atoms with Gasteiger partial charge in [0.05, 0.1) is 7.11 Å². The Labute approximate surface area is 176 Å². The average molecular weight is 399 g/mol. The SMILES string of the molecule is COc1ccccc1CCc1ccc(-c2ccc(CN3CCC3)cc2)c2nncn12. The molecule has 0 spiro atoms. The molecule has 1 saturated heterocycles. The highest BCUT2D eigenvalue weighted by Gasteiger charge is 2.14. The van der Waals surface area contributed by atoms with Crippen molar-refractivity contribution in [3.05, 3.63) is 83.8 Å². The van der Waals surface area contributed by atoms with Crippen LogP contribution in [0.5, 0.6) is 5.75 Å². The van der Waals surface area contributed by atoms with Crippen LogP contribution in [0.25, 0.3) is 16.8 Å². The Kier molecular flexibility index (Phi) is 5.20. The van der Waals surface area contributed by atoms with E-state index in [1.165, 1.54) is 41.9 Å². The summed E-state index contributed by atoms with van der Waals surface area (Å²) in [6.07, 6.45) is 4.94. The molecule has 30 heavy (non-hydrogen) atoms. The van der Waals surface area contributed by atoms with Gasteiger partial charge in [0.15, 0.2) is 5.65 Å². The van der Waals surface area contributed by atoms with Gasteiger partial charge in [-0.1, -0.05) is 42.5 Å². The van der Waals surface area contributed by atoms with Gasteiger partial charge in [-0.25, -0.2) is 0 Å². The largest absolute Gasteiger partial charge is 0.496 e. The third-order valence-corrected chi connectivity index (χ3v) is 6.00. The number of hydrogen-bond acceptors (Lipinski definition) is 4. The van der Waals surface area contributed by atoms with Gasteiger partial charge >= 0.3 is 0 Å². The summed E-state index contributed by atoms with van der Waals surface area (Å²) in [4.78, 5) is 2.47. The van der Waals surface area contributed by atoms with Crippen LogP contribution >= 0.6 is 0 Å². The molecule has 152 valence electrons. The summed E-state index contributed by atoms with van der Waals surface area (Å²) in [5, 5.41) is 8.61. The van der Waals surface area contributed by atoms with Crippen LogP contribution in [-0.4, -0.2) is 39.7 Å². The zero-order chi connectivity index (χ0) is 20.3. The summed E-state index contributed by atoms with van der Waals surface area (Å²) in [6.45, 7) is 3.49. The molecule has 5 rings (SSSR count). The van der Waals surface area contributed by atoms with Gasteiger partial charge in [-0.2, -0.15) is 0 Å². The van der Waals surface area contributed by atoms with Gasteiger partial charge in [-0.3, -0.25) is 9.30 Å². The topological polar surface area (TPSA) is 42.7 Å². The van der Waals surface area contributed by atoms with Crippen LogP contribution in [-0.2, 0) is 19.4 Å². The molecular weight excluding hydrogens is 372 g/mol. The quantitative estimate of drug-likeness (QED) is 0.463. The van der Waals surface area contributed by atoms with Crippen LogP contribution < -0.4 is 4.74 Å². The van der Waals surface area contributed by atoms with Crippen LogP contribution in [0.2, 0.25) is 0 Å². The molecule has 0 atom stereocenters. The standard InChI is InChI=1S/C25H26N4O/c1-30-24-6-3-2-5-21(24)11-12-22-13-14-23(25-27-26-18-29(22)25)20-9-7-19(8-10-20)17-28-15-4-16-28/h2-3,5-10,13-14,18H,4,11-12,15-17H2,1H3. The van der Waals surface area contributed by atoms with Gasteiger partial charge in [0.1, 0.15) is 12.1 Å². The van der Waals surface area contributed by atoms with Gasteiger partial charge in [0.2, 0.25) is 0 Å². The average Bonchev–Trinajstić information content (AvgIpc) is 3.25. The number of hydrogen-bond donors (Lipinski definition) is 0. The summed E-state index contributed by atoms with van der Waals surface area (Å²) in [5.74, 6) is 0.937. The van der Waals surface area contributed by atoms with Crippen molar-refractivity contribution in [1.82, 2.24) is 19.5 Å². The molecule has 0 radical (unpaired) electrons. The second kappa shape index (κ2) is 8.28. The first-order chi connectivity index (χ1) is 14.8. The number of para-hydroxylation sites is 1. The van der Waals surface area contributed by atoms with Crippen molar-refractivity contribution >= 4 is 5.65 Å². The van der Waals surface area contributed by atoms with E-state index in [2.05, 4.69) is 68.0 Å². The molecule has 0 amide bonds. The van der Waals surface area contributed by atoms with Crippen molar-refractivity contribution in [2.45, 2.75) is 25.8 Å². The van der Waals surface area contributed by atoms with Crippen LogP contribution in [0, 0.1) is 0 Å². The van der Waals surface area contributed by atoms with Crippen LogP contribution in [0.15, 0.2) is 67.0 Å². The number of likely N-dealkylation sites (tertiary alicyclic amines) is 1. The molecule has 5 nitrogen and oxygen atoms in total. The lowest BCUT2D eigenvalue weighted by Crippen LogP contribution is -2.36. The van der Waals surface area contributed by atoms with Crippen LogP contribution in [0.1, 0.15) is 23.2 Å². The Morgan fingerprint density at radius 3 is 2.53 bits per heavy atom. The maximum Gasteiger partial charge on any atom is 0.168 e. The Balaban J connectivity index is 1.38. The van der Waals surface area contributed by atoms with E-state index in [0.717, 1.165) is 36.3 Å². The van der Waals surface area contributed by atoms with Gasteiger partial charge in [0, 0.05) is 17.8 Å². The fraction of sp³-hybridized carbons (Fsp3) is 0.280. The number of benzene rings is 2. The van der Waals surface area contributed by atoms with E-state index in [1.54, 1.807) is 7.11 Å². The summed E-state index contributed by atoms with van der Waals surface area (Å²) < 4.78 is 7.60. The fourth-order valence-corrected chi connectivity index (χ4v) is 4.15. The molecular formula is C25H26N4O. The maximum absolute atomic E-state index is 5.49. The Morgan fingerprint density at radius 2 is 1.77 bits per heavy atom. The van der Waals surface area contributed by atoms with Crippen LogP contribution in [0.4, 0.5) is 0 Å². The number of pyridine rings is 1. The number of methoxy groups -OCH3 is 1. The predicted molar refractivity (Wildman–Crippen MR) is 119 cm³/mol. The minimum absolute atomic E-state index is 0.893. The van der Waals surface area contributed by atoms with Crippen molar-refractivity contribution in [1.29, 1.82) is 0 Å². The van der Waals surface area contributed by atoms with Crippen molar-refractivity contribution in [2.75, 3.05) is 20.2 Å². The van der Waals surface area contributed by atoms with Crippen molar-refractivity contribution in [3.8, 4) is 16.9 Å². The van der Waals surface area contributed by atoms with Gasteiger partial charge in [-0.05, 0) is 67.2 Å². The molecule has 5 heteroatoms. The fourth-order valence-electron chi connectivity index (χ4n) is 4.15. The molecule has 1 aliphatic heterocycles. The lowest BCUT2D eigenvalue weighted by atomic mass is 10.0. The highest BCUT2D eigenvalue weighted by atomic mass is 16.5. The summed E-state index contributed by atoms with van der Waals surface area (Å²) in [6, 6.07) is 21.4. The first-order valence-corrected chi connectivity index (χ1v) is 10.6. The van der Waals surface area contributed by atoms with Gasteiger partial charge in [0.25, 0.3) is 0 Å². The first-order valence-electron chi connectivity index (χ1n) is 10.6. The number of ether oxygens (including phenoxy) is 1. The third-order valence-electron chi connectivity index (χ3n) is 6.00. The Hall–Kier alpha value is -3.18. The predicted octanol–water partition coefficient (Wildman–Crippen LogP) is 4.40. The van der Waals surface area contributed by atoms with Crippen LogP contribution in [0.3, 0.4) is 0 Å². The Morgan fingerprint density at radius 1 is 0.933 bits per heavy atom. The highest BCUT2D eigenvalue weighted by Crippen LogP contribution is 2.26.